The number of fused-ring (bicyclic) bond motifs is 1. The minimum Gasteiger partial charge on any atom is -0.482 e. The van der Waals surface area contributed by atoms with Gasteiger partial charge in [-0.2, -0.15) is 0 Å². The Balaban J connectivity index is 2.09. The van der Waals surface area contributed by atoms with Gasteiger partial charge in [0.2, 0.25) is 0 Å². The molecule has 2 rings (SSSR count). The Hall–Kier alpha value is -1.71. The van der Waals surface area contributed by atoms with Gasteiger partial charge in [0.05, 0.1) is 0 Å². The number of carboxylic acid groups (broad SMARTS) is 1. The highest BCUT2D eigenvalue weighted by atomic mass is 16.5. The first-order valence-corrected chi connectivity index (χ1v) is 4.47. The lowest BCUT2D eigenvalue weighted by Crippen LogP contribution is -2.09. The molecule has 74 valence electrons. The van der Waals surface area contributed by atoms with E-state index < -0.39 is 5.97 Å². The number of aliphatic carboxylic acids is 1. The van der Waals surface area contributed by atoms with E-state index in [-0.39, 0.29) is 6.61 Å². The third-order valence-electron chi connectivity index (χ3n) is 2.15. The fourth-order valence-electron chi connectivity index (χ4n) is 1.50. The maximum Gasteiger partial charge on any atom is 0.341 e. The first-order chi connectivity index (χ1) is 6.75. The molecule has 14 heavy (non-hydrogen) atoms. The van der Waals surface area contributed by atoms with Crippen LogP contribution in [0.1, 0.15) is 5.56 Å². The fourth-order valence-corrected chi connectivity index (χ4v) is 1.50. The van der Waals surface area contributed by atoms with Gasteiger partial charge in [-0.3, -0.25) is 0 Å². The molecule has 1 aliphatic rings. The SMILES string of the molecule is O=C(O)COc1ccc2c(c1)NCC2. The van der Waals surface area contributed by atoms with E-state index in [1.165, 1.54) is 5.56 Å². The highest BCUT2D eigenvalue weighted by molar-refractivity contribution is 5.68. The number of hydrogen-bond acceptors (Lipinski definition) is 3. The van der Waals surface area contributed by atoms with Crippen LogP contribution in [-0.2, 0) is 11.2 Å². The minimum absolute atomic E-state index is 0.293. The second-order valence-electron chi connectivity index (χ2n) is 3.18. The van der Waals surface area contributed by atoms with Crippen LogP contribution in [0.4, 0.5) is 5.69 Å². The van der Waals surface area contributed by atoms with Gasteiger partial charge in [-0.25, -0.2) is 4.79 Å². The summed E-state index contributed by atoms with van der Waals surface area (Å²) in [5.74, 6) is -0.362. The normalized spacial score (nSPS) is 13.1. The lowest BCUT2D eigenvalue weighted by molar-refractivity contribution is -0.139. The number of ether oxygens (including phenoxy) is 1. The van der Waals surface area contributed by atoms with Crippen LogP contribution in [0.25, 0.3) is 0 Å². The number of carboxylic acids is 1. The second kappa shape index (κ2) is 3.57. The average molecular weight is 193 g/mol. The zero-order valence-corrected chi connectivity index (χ0v) is 7.62. The van der Waals surface area contributed by atoms with E-state index in [9.17, 15) is 4.79 Å². The summed E-state index contributed by atoms with van der Waals surface area (Å²) in [7, 11) is 0. The molecule has 0 aliphatic carbocycles. The maximum atomic E-state index is 10.3. The molecule has 0 saturated heterocycles. The molecule has 0 radical (unpaired) electrons. The van der Waals surface area contributed by atoms with E-state index in [1.54, 1.807) is 6.07 Å². The van der Waals surface area contributed by atoms with Crippen LogP contribution in [0.2, 0.25) is 0 Å². The molecular weight excluding hydrogens is 182 g/mol. The average Bonchev–Trinajstić information content (AvgIpc) is 2.61. The third kappa shape index (κ3) is 1.79. The van der Waals surface area contributed by atoms with E-state index in [4.69, 9.17) is 9.84 Å². The fraction of sp³-hybridized carbons (Fsp3) is 0.300. The molecule has 4 nitrogen and oxygen atoms in total. The minimum atomic E-state index is -0.960. The lowest BCUT2D eigenvalue weighted by Gasteiger charge is -2.05. The van der Waals surface area contributed by atoms with Gasteiger partial charge < -0.3 is 15.2 Å². The van der Waals surface area contributed by atoms with Gasteiger partial charge in [-0.15, -0.1) is 0 Å². The Morgan fingerprint density at radius 1 is 1.57 bits per heavy atom. The zero-order chi connectivity index (χ0) is 9.97. The van der Waals surface area contributed by atoms with Gasteiger partial charge in [0, 0.05) is 18.3 Å². The predicted octanol–water partition coefficient (Wildman–Crippen LogP) is 1.12. The predicted molar refractivity (Wildman–Crippen MR) is 51.8 cm³/mol. The third-order valence-corrected chi connectivity index (χ3v) is 2.15. The van der Waals surface area contributed by atoms with Gasteiger partial charge in [0.15, 0.2) is 6.61 Å². The van der Waals surface area contributed by atoms with Crippen molar-refractivity contribution < 1.29 is 14.6 Å². The number of rotatable bonds is 3. The highest BCUT2D eigenvalue weighted by Crippen LogP contribution is 2.26. The van der Waals surface area contributed by atoms with E-state index in [1.807, 2.05) is 12.1 Å². The Labute approximate surface area is 81.5 Å². The van der Waals surface area contributed by atoms with E-state index in [0.29, 0.717) is 5.75 Å². The number of carbonyl (C=O) groups is 1. The van der Waals surface area contributed by atoms with Crippen molar-refractivity contribution in [2.75, 3.05) is 18.5 Å². The number of anilines is 1. The van der Waals surface area contributed by atoms with E-state index in [0.717, 1.165) is 18.7 Å². The van der Waals surface area contributed by atoms with Crippen LogP contribution >= 0.6 is 0 Å². The first kappa shape index (κ1) is 8.87. The van der Waals surface area contributed by atoms with Crippen LogP contribution in [-0.4, -0.2) is 24.2 Å². The largest absolute Gasteiger partial charge is 0.482 e. The summed E-state index contributed by atoms with van der Waals surface area (Å²) >= 11 is 0. The molecule has 0 unspecified atom stereocenters. The van der Waals surface area contributed by atoms with Crippen molar-refractivity contribution >= 4 is 11.7 Å². The molecule has 0 bridgehead atoms. The molecule has 0 amide bonds. The molecule has 4 heteroatoms. The van der Waals surface area contributed by atoms with Gasteiger partial charge in [0.25, 0.3) is 0 Å². The molecule has 0 spiro atoms. The Bertz CT molecular complexity index is 362. The summed E-state index contributed by atoms with van der Waals surface area (Å²) in [6.07, 6.45) is 1.02. The van der Waals surface area contributed by atoms with Crippen LogP contribution in [0.15, 0.2) is 18.2 Å². The van der Waals surface area contributed by atoms with E-state index in [2.05, 4.69) is 5.32 Å². The quantitative estimate of drug-likeness (QED) is 0.755. The summed E-state index contributed by atoms with van der Waals surface area (Å²) in [6.45, 7) is 0.649. The van der Waals surface area contributed by atoms with Crippen molar-refractivity contribution in [3.05, 3.63) is 23.8 Å². The summed E-state index contributed by atoms with van der Waals surface area (Å²) in [6, 6.07) is 5.60. The zero-order valence-electron chi connectivity index (χ0n) is 7.62. The summed E-state index contributed by atoms with van der Waals surface area (Å²) in [5, 5.41) is 11.6. The molecule has 1 aromatic rings. The van der Waals surface area contributed by atoms with Gasteiger partial charge >= 0.3 is 5.97 Å². The molecule has 0 fully saturated rings. The molecule has 0 aromatic heterocycles. The molecule has 1 aliphatic heterocycles. The van der Waals surface area contributed by atoms with Crippen LogP contribution < -0.4 is 10.1 Å². The smallest absolute Gasteiger partial charge is 0.341 e. The first-order valence-electron chi connectivity index (χ1n) is 4.47. The van der Waals surface area contributed by atoms with Crippen molar-refractivity contribution in [3.8, 4) is 5.75 Å². The Morgan fingerprint density at radius 2 is 2.43 bits per heavy atom. The van der Waals surface area contributed by atoms with Crippen molar-refractivity contribution in [2.45, 2.75) is 6.42 Å². The lowest BCUT2D eigenvalue weighted by atomic mass is 10.1. The van der Waals surface area contributed by atoms with Crippen molar-refractivity contribution in [3.63, 3.8) is 0 Å². The Kier molecular flexibility index (Phi) is 2.26. The molecular formula is C10H11NO3. The summed E-state index contributed by atoms with van der Waals surface area (Å²) in [5.41, 5.74) is 2.31. The summed E-state index contributed by atoms with van der Waals surface area (Å²) < 4.78 is 5.05. The number of hydrogen-bond donors (Lipinski definition) is 2. The standard InChI is InChI=1S/C10H11NO3/c12-10(13)6-14-8-2-1-7-3-4-11-9(7)5-8/h1-2,5,11H,3-4,6H2,(H,12,13). The molecule has 1 heterocycles. The molecule has 1 aromatic carbocycles. The van der Waals surface area contributed by atoms with Gasteiger partial charge in [0.1, 0.15) is 5.75 Å². The topological polar surface area (TPSA) is 58.6 Å². The van der Waals surface area contributed by atoms with Gasteiger partial charge in [-0.1, -0.05) is 6.07 Å². The van der Waals surface area contributed by atoms with E-state index >= 15 is 0 Å². The molecule has 2 N–H and O–H groups in total. The van der Waals surface area contributed by atoms with Crippen LogP contribution in [0.5, 0.6) is 5.75 Å². The van der Waals surface area contributed by atoms with Crippen LogP contribution in [0, 0.1) is 0 Å². The molecule has 0 saturated carbocycles. The maximum absolute atomic E-state index is 10.3. The van der Waals surface area contributed by atoms with Crippen LogP contribution in [0.3, 0.4) is 0 Å². The van der Waals surface area contributed by atoms with Crippen molar-refractivity contribution in [1.82, 2.24) is 0 Å². The molecule has 0 atom stereocenters. The van der Waals surface area contributed by atoms with Crippen molar-refractivity contribution in [2.24, 2.45) is 0 Å². The van der Waals surface area contributed by atoms with Crippen molar-refractivity contribution in [1.29, 1.82) is 0 Å². The number of nitrogens with one attached hydrogen (secondary N) is 1. The number of benzene rings is 1. The second-order valence-corrected chi connectivity index (χ2v) is 3.18. The Morgan fingerprint density at radius 3 is 3.21 bits per heavy atom. The summed E-state index contributed by atoms with van der Waals surface area (Å²) in [4.78, 5) is 10.3. The highest BCUT2D eigenvalue weighted by Gasteiger charge is 2.10. The van der Waals surface area contributed by atoms with Gasteiger partial charge in [-0.05, 0) is 18.1 Å². The monoisotopic (exact) mass is 193 g/mol.